The normalized spacial score (nSPS) is 17.6. The van der Waals surface area contributed by atoms with Gasteiger partial charge in [-0.2, -0.15) is 0 Å². The Balaban J connectivity index is 0.00000288. The van der Waals surface area contributed by atoms with Crippen LogP contribution in [-0.4, -0.2) is 66.8 Å². The molecule has 1 fully saturated rings. The molecule has 1 atom stereocenters. The quantitative estimate of drug-likeness (QED) is 0.250. The molecule has 2 N–H and O–H groups in total. The van der Waals surface area contributed by atoms with Crippen molar-refractivity contribution < 1.29 is 9.47 Å². The molecule has 0 saturated carbocycles. The lowest BCUT2D eigenvalue weighted by molar-refractivity contribution is 0.117. The molecule has 1 aromatic heterocycles. The van der Waals surface area contributed by atoms with Crippen LogP contribution in [-0.2, 0) is 22.4 Å². The number of guanidine groups is 1. The summed E-state index contributed by atoms with van der Waals surface area (Å²) in [6.45, 7) is 6.56. The van der Waals surface area contributed by atoms with E-state index in [0.29, 0.717) is 13.2 Å². The molecule has 138 valence electrons. The second-order valence-corrected chi connectivity index (χ2v) is 5.46. The van der Waals surface area contributed by atoms with Gasteiger partial charge in [-0.25, -0.2) is 0 Å². The Bertz CT molecular complexity index is 476. The minimum Gasteiger partial charge on any atom is -0.383 e. The molecule has 0 aliphatic carbocycles. The van der Waals surface area contributed by atoms with Crippen molar-refractivity contribution in [2.45, 2.75) is 38.8 Å². The minimum atomic E-state index is 0. The van der Waals surface area contributed by atoms with Gasteiger partial charge in [0.05, 0.1) is 19.3 Å². The fourth-order valence-electron chi connectivity index (χ4n) is 2.46. The summed E-state index contributed by atoms with van der Waals surface area (Å²) in [5, 5.41) is 14.6. The molecule has 1 saturated heterocycles. The van der Waals surface area contributed by atoms with Crippen LogP contribution in [0.25, 0.3) is 0 Å². The molecule has 0 radical (unpaired) electrons. The van der Waals surface area contributed by atoms with E-state index in [-0.39, 0.29) is 30.1 Å². The number of aryl methyl sites for hydroxylation is 1. The first-order valence-electron chi connectivity index (χ1n) is 8.33. The molecule has 1 unspecified atom stereocenters. The van der Waals surface area contributed by atoms with Crippen molar-refractivity contribution in [2.75, 3.05) is 40.0 Å². The second kappa shape index (κ2) is 12.4. The number of nitrogens with zero attached hydrogens (tertiary/aromatic N) is 4. The summed E-state index contributed by atoms with van der Waals surface area (Å²) in [6, 6.07) is 0. The number of rotatable bonds is 9. The fourth-order valence-corrected chi connectivity index (χ4v) is 2.46. The van der Waals surface area contributed by atoms with Gasteiger partial charge in [0.2, 0.25) is 0 Å². The predicted octanol–water partition coefficient (Wildman–Crippen LogP) is 0.819. The molecule has 2 rings (SSSR count). The molecule has 1 aromatic rings. The third kappa shape index (κ3) is 7.31. The zero-order valence-corrected chi connectivity index (χ0v) is 16.9. The van der Waals surface area contributed by atoms with E-state index >= 15 is 0 Å². The van der Waals surface area contributed by atoms with Crippen LogP contribution >= 0.6 is 24.0 Å². The van der Waals surface area contributed by atoms with Gasteiger partial charge < -0.3 is 24.7 Å². The average molecular weight is 452 g/mol. The Morgan fingerprint density at radius 3 is 3.00 bits per heavy atom. The van der Waals surface area contributed by atoms with E-state index in [0.717, 1.165) is 57.3 Å². The van der Waals surface area contributed by atoms with Crippen LogP contribution in [0.2, 0.25) is 0 Å². The molecule has 1 aliphatic rings. The largest absolute Gasteiger partial charge is 0.383 e. The van der Waals surface area contributed by atoms with Gasteiger partial charge in [-0.1, -0.05) is 6.92 Å². The molecule has 1 aliphatic heterocycles. The lowest BCUT2D eigenvalue weighted by Gasteiger charge is -2.14. The number of hydrogen-bond donors (Lipinski definition) is 2. The van der Waals surface area contributed by atoms with Crippen molar-refractivity contribution in [3.05, 3.63) is 12.2 Å². The molecule has 0 amide bonds. The van der Waals surface area contributed by atoms with Crippen LogP contribution in [0.5, 0.6) is 0 Å². The van der Waals surface area contributed by atoms with Crippen LogP contribution in [0.15, 0.2) is 11.3 Å². The Kier molecular flexibility index (Phi) is 10.9. The van der Waals surface area contributed by atoms with Crippen molar-refractivity contribution in [2.24, 2.45) is 4.99 Å². The molecule has 0 bridgehead atoms. The summed E-state index contributed by atoms with van der Waals surface area (Å²) in [7, 11) is 1.69. The maximum absolute atomic E-state index is 5.61. The SMILES string of the molecule is CCc1nncn1CCNC(=NCC1CCCO1)NCCOC.I. The number of nitrogens with one attached hydrogen (secondary N) is 2. The summed E-state index contributed by atoms with van der Waals surface area (Å²) < 4.78 is 12.7. The maximum atomic E-state index is 5.61. The van der Waals surface area contributed by atoms with E-state index in [2.05, 4.69) is 37.3 Å². The summed E-state index contributed by atoms with van der Waals surface area (Å²) in [5.74, 6) is 1.79. The van der Waals surface area contributed by atoms with Crippen LogP contribution in [0.4, 0.5) is 0 Å². The van der Waals surface area contributed by atoms with Gasteiger partial charge in [-0.15, -0.1) is 34.2 Å². The van der Waals surface area contributed by atoms with E-state index in [9.17, 15) is 0 Å². The molecular weight excluding hydrogens is 423 g/mol. The highest BCUT2D eigenvalue weighted by Crippen LogP contribution is 2.11. The third-order valence-corrected chi connectivity index (χ3v) is 3.73. The fraction of sp³-hybridized carbons (Fsp3) is 0.800. The van der Waals surface area contributed by atoms with E-state index in [1.54, 1.807) is 13.4 Å². The lowest BCUT2D eigenvalue weighted by atomic mass is 10.2. The van der Waals surface area contributed by atoms with Gasteiger partial charge in [0, 0.05) is 39.8 Å². The zero-order valence-electron chi connectivity index (χ0n) is 14.5. The number of halogens is 1. The number of hydrogen-bond acceptors (Lipinski definition) is 5. The van der Waals surface area contributed by atoms with E-state index in [4.69, 9.17) is 9.47 Å². The highest BCUT2D eigenvalue weighted by molar-refractivity contribution is 14.0. The van der Waals surface area contributed by atoms with Crippen molar-refractivity contribution in [1.82, 2.24) is 25.4 Å². The molecule has 2 heterocycles. The summed E-state index contributed by atoms with van der Waals surface area (Å²) in [4.78, 5) is 4.61. The monoisotopic (exact) mass is 452 g/mol. The Labute approximate surface area is 160 Å². The smallest absolute Gasteiger partial charge is 0.191 e. The number of ether oxygens (including phenoxy) is 2. The predicted molar refractivity (Wildman–Crippen MR) is 104 cm³/mol. The molecule has 0 spiro atoms. The van der Waals surface area contributed by atoms with Gasteiger partial charge in [0.1, 0.15) is 12.2 Å². The Morgan fingerprint density at radius 2 is 2.29 bits per heavy atom. The van der Waals surface area contributed by atoms with Crippen molar-refractivity contribution in [1.29, 1.82) is 0 Å². The van der Waals surface area contributed by atoms with Crippen molar-refractivity contribution >= 4 is 29.9 Å². The highest BCUT2D eigenvalue weighted by atomic mass is 127. The van der Waals surface area contributed by atoms with Crippen LogP contribution in [0, 0.1) is 0 Å². The van der Waals surface area contributed by atoms with Gasteiger partial charge in [-0.3, -0.25) is 4.99 Å². The first kappa shape index (κ1) is 21.1. The number of aromatic nitrogens is 3. The highest BCUT2D eigenvalue weighted by Gasteiger charge is 2.14. The standard InChI is InChI=1S/C15H28N6O2.HI/c1-3-14-20-19-12-21(14)8-6-16-15(17-7-10-22-2)18-11-13-5-4-9-23-13;/h12-13H,3-11H2,1-2H3,(H2,16,17,18);1H. The second-order valence-electron chi connectivity index (χ2n) is 5.46. The molecule has 0 aromatic carbocycles. The average Bonchev–Trinajstić information content (AvgIpc) is 3.23. The summed E-state index contributed by atoms with van der Waals surface area (Å²) in [5.41, 5.74) is 0. The molecule has 8 nitrogen and oxygen atoms in total. The number of aliphatic imine (C=N–C) groups is 1. The summed E-state index contributed by atoms with van der Waals surface area (Å²) in [6.07, 6.45) is 5.12. The van der Waals surface area contributed by atoms with E-state index in [1.807, 2.05) is 0 Å². The Morgan fingerprint density at radius 1 is 1.46 bits per heavy atom. The maximum Gasteiger partial charge on any atom is 0.191 e. The molecule has 24 heavy (non-hydrogen) atoms. The van der Waals surface area contributed by atoms with E-state index in [1.165, 1.54) is 0 Å². The van der Waals surface area contributed by atoms with E-state index < -0.39 is 0 Å². The third-order valence-electron chi connectivity index (χ3n) is 3.73. The van der Waals surface area contributed by atoms with Gasteiger partial charge in [0.15, 0.2) is 5.96 Å². The van der Waals surface area contributed by atoms with Crippen LogP contribution in [0.1, 0.15) is 25.6 Å². The van der Waals surface area contributed by atoms with Crippen LogP contribution in [0.3, 0.4) is 0 Å². The minimum absolute atomic E-state index is 0. The van der Waals surface area contributed by atoms with Crippen molar-refractivity contribution in [3.63, 3.8) is 0 Å². The van der Waals surface area contributed by atoms with Gasteiger partial charge in [-0.05, 0) is 12.8 Å². The molecule has 9 heteroatoms. The Hall–Kier alpha value is -0.940. The lowest BCUT2D eigenvalue weighted by Crippen LogP contribution is -2.41. The van der Waals surface area contributed by atoms with Gasteiger partial charge in [0.25, 0.3) is 0 Å². The van der Waals surface area contributed by atoms with Crippen molar-refractivity contribution in [3.8, 4) is 0 Å². The van der Waals surface area contributed by atoms with Crippen LogP contribution < -0.4 is 10.6 Å². The first-order valence-corrected chi connectivity index (χ1v) is 8.33. The zero-order chi connectivity index (χ0) is 16.3. The molecular formula is C15H29IN6O2. The first-order chi connectivity index (χ1) is 11.3. The summed E-state index contributed by atoms with van der Waals surface area (Å²) >= 11 is 0. The topological polar surface area (TPSA) is 85.6 Å². The van der Waals surface area contributed by atoms with Gasteiger partial charge >= 0.3 is 0 Å². The number of methoxy groups -OCH3 is 1.